The summed E-state index contributed by atoms with van der Waals surface area (Å²) in [6.07, 6.45) is 0. The highest BCUT2D eigenvalue weighted by Gasteiger charge is 2.27. The van der Waals surface area contributed by atoms with Gasteiger partial charge in [0.1, 0.15) is 5.82 Å². The van der Waals surface area contributed by atoms with E-state index in [4.69, 9.17) is 5.73 Å². The van der Waals surface area contributed by atoms with Gasteiger partial charge in [0, 0.05) is 24.0 Å². The Kier molecular flexibility index (Phi) is 4.77. The number of halogens is 1. The molecule has 0 aliphatic rings. The van der Waals surface area contributed by atoms with E-state index in [1.54, 1.807) is 0 Å². The summed E-state index contributed by atoms with van der Waals surface area (Å²) in [6, 6.07) is 7.17. The van der Waals surface area contributed by atoms with Crippen molar-refractivity contribution >= 4 is 21.4 Å². The van der Waals surface area contributed by atoms with Gasteiger partial charge in [-0.25, -0.2) is 12.8 Å². The molecule has 0 fully saturated rings. The van der Waals surface area contributed by atoms with Gasteiger partial charge in [0.25, 0.3) is 0 Å². The monoisotopic (exact) mass is 328 g/mol. The molecule has 2 rings (SSSR count). The number of benzene rings is 1. The molecule has 0 saturated carbocycles. The van der Waals surface area contributed by atoms with E-state index in [2.05, 4.69) is 0 Å². The smallest absolute Gasteiger partial charge is 0.243 e. The Bertz CT molecular complexity index is 715. The lowest BCUT2D eigenvalue weighted by Crippen LogP contribution is -2.29. The summed E-state index contributed by atoms with van der Waals surface area (Å²) in [5.41, 5.74) is 5.62. The molecule has 4 nitrogen and oxygen atoms in total. The molecule has 0 saturated heterocycles. The summed E-state index contributed by atoms with van der Waals surface area (Å²) in [5.74, 6) is -0.495. The van der Waals surface area contributed by atoms with Crippen molar-refractivity contribution < 1.29 is 12.8 Å². The van der Waals surface area contributed by atoms with Gasteiger partial charge in [0.2, 0.25) is 10.0 Å². The number of thiophene rings is 1. The van der Waals surface area contributed by atoms with Crippen LogP contribution in [0.4, 0.5) is 4.39 Å². The van der Waals surface area contributed by atoms with Crippen molar-refractivity contribution in [2.45, 2.75) is 24.4 Å². The third-order valence-electron chi connectivity index (χ3n) is 3.41. The highest BCUT2D eigenvalue weighted by Crippen LogP contribution is 2.29. The summed E-state index contributed by atoms with van der Waals surface area (Å²) in [7, 11) is -2.18. The van der Waals surface area contributed by atoms with Crippen LogP contribution < -0.4 is 5.73 Å². The first-order valence-corrected chi connectivity index (χ1v) is 8.70. The summed E-state index contributed by atoms with van der Waals surface area (Å²) in [6.45, 7) is 1.77. The highest BCUT2D eigenvalue weighted by molar-refractivity contribution is 7.89. The third kappa shape index (κ3) is 3.16. The van der Waals surface area contributed by atoms with Crippen LogP contribution in [-0.4, -0.2) is 19.8 Å². The van der Waals surface area contributed by atoms with E-state index >= 15 is 0 Å². The summed E-state index contributed by atoms with van der Waals surface area (Å²) < 4.78 is 40.0. The van der Waals surface area contributed by atoms with Gasteiger partial charge in [-0.15, -0.1) is 11.3 Å². The van der Waals surface area contributed by atoms with Gasteiger partial charge in [0.05, 0.1) is 10.9 Å². The summed E-state index contributed by atoms with van der Waals surface area (Å²) in [5, 5.41) is 1.90. The van der Waals surface area contributed by atoms with Crippen molar-refractivity contribution in [2.24, 2.45) is 5.73 Å². The maximum atomic E-state index is 13.5. The first-order chi connectivity index (χ1) is 9.87. The minimum Gasteiger partial charge on any atom is -0.326 e. The van der Waals surface area contributed by atoms with Gasteiger partial charge in [0.15, 0.2) is 0 Å². The van der Waals surface area contributed by atoms with Crippen molar-refractivity contribution in [3.63, 3.8) is 0 Å². The molecule has 0 amide bonds. The molecule has 1 aromatic carbocycles. The van der Waals surface area contributed by atoms with Crippen molar-refractivity contribution in [3.05, 3.63) is 52.0 Å². The fourth-order valence-electron chi connectivity index (χ4n) is 1.95. The molecule has 1 aromatic heterocycles. The Hall–Kier alpha value is -1.28. The zero-order valence-corrected chi connectivity index (χ0v) is 13.4. The van der Waals surface area contributed by atoms with Crippen LogP contribution in [0.25, 0.3) is 0 Å². The normalized spacial score (nSPS) is 13.6. The Morgan fingerprint density at radius 2 is 2.10 bits per heavy atom. The van der Waals surface area contributed by atoms with Crippen LogP contribution in [-0.2, 0) is 16.6 Å². The molecule has 2 aromatic rings. The van der Waals surface area contributed by atoms with E-state index in [1.807, 2.05) is 24.4 Å². The maximum Gasteiger partial charge on any atom is 0.243 e. The van der Waals surface area contributed by atoms with E-state index < -0.39 is 15.8 Å². The quantitative estimate of drug-likeness (QED) is 0.918. The fourth-order valence-corrected chi connectivity index (χ4v) is 4.24. The molecule has 0 radical (unpaired) electrons. The van der Waals surface area contributed by atoms with Gasteiger partial charge in [-0.1, -0.05) is 6.07 Å². The second kappa shape index (κ2) is 6.23. The molecule has 0 aliphatic heterocycles. The number of nitrogens with two attached hydrogens (primary N) is 1. The summed E-state index contributed by atoms with van der Waals surface area (Å²) >= 11 is 1.49. The van der Waals surface area contributed by atoms with Crippen LogP contribution in [0.2, 0.25) is 0 Å². The molecule has 1 unspecified atom stereocenters. The van der Waals surface area contributed by atoms with Crippen LogP contribution in [0.3, 0.4) is 0 Å². The molecule has 0 spiro atoms. The highest BCUT2D eigenvalue weighted by atomic mass is 32.2. The molecule has 21 heavy (non-hydrogen) atoms. The maximum absolute atomic E-state index is 13.5. The SMILES string of the molecule is CC(c1cccs1)N(C)S(=O)(=O)c1ccc(F)c(CN)c1. The van der Waals surface area contributed by atoms with E-state index in [-0.39, 0.29) is 23.0 Å². The van der Waals surface area contributed by atoms with Crippen LogP contribution >= 0.6 is 11.3 Å². The Balaban J connectivity index is 2.37. The van der Waals surface area contributed by atoms with Crippen molar-refractivity contribution in [2.75, 3.05) is 7.05 Å². The van der Waals surface area contributed by atoms with Crippen molar-refractivity contribution in [1.82, 2.24) is 4.31 Å². The lowest BCUT2D eigenvalue weighted by molar-refractivity contribution is 0.402. The van der Waals surface area contributed by atoms with Crippen LogP contribution in [0.1, 0.15) is 23.4 Å². The van der Waals surface area contributed by atoms with E-state index in [0.717, 1.165) is 10.9 Å². The predicted octanol–water partition coefficient (Wildman–Crippen LogP) is 2.73. The van der Waals surface area contributed by atoms with Crippen molar-refractivity contribution in [1.29, 1.82) is 0 Å². The molecule has 114 valence electrons. The molecule has 2 N–H and O–H groups in total. The zero-order valence-electron chi connectivity index (χ0n) is 11.8. The second-order valence-electron chi connectivity index (χ2n) is 4.67. The molecule has 0 bridgehead atoms. The van der Waals surface area contributed by atoms with Gasteiger partial charge < -0.3 is 5.73 Å². The van der Waals surface area contributed by atoms with Crippen LogP contribution in [0.5, 0.6) is 0 Å². The minimum absolute atomic E-state index is 0.0423. The first-order valence-electron chi connectivity index (χ1n) is 6.38. The second-order valence-corrected chi connectivity index (χ2v) is 7.65. The van der Waals surface area contributed by atoms with Crippen molar-refractivity contribution in [3.8, 4) is 0 Å². The van der Waals surface area contributed by atoms with Crippen LogP contribution in [0.15, 0.2) is 40.6 Å². The topological polar surface area (TPSA) is 63.4 Å². The third-order valence-corrected chi connectivity index (χ3v) is 6.38. The predicted molar refractivity (Wildman–Crippen MR) is 82.0 cm³/mol. The Labute approximate surface area is 128 Å². The number of nitrogens with zero attached hydrogens (tertiary/aromatic N) is 1. The molecular formula is C14H17FN2O2S2. The van der Waals surface area contributed by atoms with Gasteiger partial charge >= 0.3 is 0 Å². The molecule has 1 atom stereocenters. The number of sulfonamides is 1. The Morgan fingerprint density at radius 3 is 2.67 bits per heavy atom. The van der Waals surface area contributed by atoms with E-state index in [9.17, 15) is 12.8 Å². The van der Waals surface area contributed by atoms with Crippen LogP contribution in [0, 0.1) is 5.82 Å². The molecule has 7 heteroatoms. The Morgan fingerprint density at radius 1 is 1.38 bits per heavy atom. The molecule has 0 aliphatic carbocycles. The standard InChI is InChI=1S/C14H17FN2O2S2/c1-10(14-4-3-7-20-14)17(2)21(18,19)12-5-6-13(15)11(8-12)9-16/h3-8,10H,9,16H2,1-2H3. The van der Waals surface area contributed by atoms with E-state index in [0.29, 0.717) is 0 Å². The van der Waals surface area contributed by atoms with Gasteiger partial charge in [-0.3, -0.25) is 0 Å². The molecule has 1 heterocycles. The van der Waals surface area contributed by atoms with Gasteiger partial charge in [-0.05, 0) is 36.6 Å². The fraction of sp³-hybridized carbons (Fsp3) is 0.286. The average molecular weight is 328 g/mol. The lowest BCUT2D eigenvalue weighted by atomic mass is 10.2. The summed E-state index contributed by atoms with van der Waals surface area (Å²) in [4.78, 5) is 0.998. The van der Waals surface area contributed by atoms with Gasteiger partial charge in [-0.2, -0.15) is 4.31 Å². The first kappa shape index (κ1) is 16.1. The largest absolute Gasteiger partial charge is 0.326 e. The minimum atomic E-state index is -3.70. The lowest BCUT2D eigenvalue weighted by Gasteiger charge is -2.23. The average Bonchev–Trinajstić information content (AvgIpc) is 3.00. The number of hydrogen-bond acceptors (Lipinski definition) is 4. The number of hydrogen-bond donors (Lipinski definition) is 1. The molecular weight excluding hydrogens is 311 g/mol. The van der Waals surface area contributed by atoms with E-state index in [1.165, 1.54) is 34.8 Å². The number of rotatable bonds is 5. The zero-order chi connectivity index (χ0) is 15.6.